The maximum atomic E-state index is 13.2. The lowest BCUT2D eigenvalue weighted by molar-refractivity contribution is -0.156. The van der Waals surface area contributed by atoms with Crippen LogP contribution in [0.1, 0.15) is 128 Å². The van der Waals surface area contributed by atoms with Gasteiger partial charge in [0.05, 0.1) is 5.57 Å². The van der Waals surface area contributed by atoms with Crippen molar-refractivity contribution in [1.82, 2.24) is 0 Å². The summed E-state index contributed by atoms with van der Waals surface area (Å²) in [5.41, 5.74) is -1.79. The molecule has 0 aliphatic heterocycles. The van der Waals surface area contributed by atoms with Gasteiger partial charge in [-0.1, -0.05) is 81.7 Å². The third-order valence-electron chi connectivity index (χ3n) is 11.6. The molecule has 1 fully saturated rings. The quantitative estimate of drug-likeness (QED) is 0.243. The van der Waals surface area contributed by atoms with Gasteiger partial charge in [0, 0.05) is 17.3 Å². The van der Waals surface area contributed by atoms with Crippen molar-refractivity contribution in [3.8, 4) is 6.07 Å². The number of hydrogen-bond acceptors (Lipinski definition) is 4. The first kappa shape index (κ1) is 32.7. The van der Waals surface area contributed by atoms with Crippen LogP contribution in [-0.2, 0) is 14.4 Å². The molecule has 0 spiro atoms. The van der Waals surface area contributed by atoms with Crippen LogP contribution in [0.3, 0.4) is 0 Å². The summed E-state index contributed by atoms with van der Waals surface area (Å²) in [6.45, 7) is 23.3. The zero-order valence-corrected chi connectivity index (χ0v) is 26.7. The Labute approximate surface area is 237 Å². The number of carbonyl (C=O) groups is 3. The number of ketones is 2. The Bertz CT molecular complexity index is 1030. The highest BCUT2D eigenvalue weighted by Crippen LogP contribution is 2.68. The van der Waals surface area contributed by atoms with E-state index >= 15 is 0 Å². The van der Waals surface area contributed by atoms with E-state index in [9.17, 15) is 19.6 Å². The van der Waals surface area contributed by atoms with Crippen LogP contribution in [0, 0.1) is 55.7 Å². The Kier molecular flexibility index (Phi) is 9.33. The van der Waals surface area contributed by atoms with Gasteiger partial charge in [0.2, 0.25) is 5.24 Å². The SMILES string of the molecule is CCC(C)(C)CC[C@@](C)(CCC(C)(C)[C@]1(C)CC[C@H]2C(C)(C)C(=O)C(C#N)=C[C@]2(C)[C@H]1CC(C)=O)C(=O)Cl. The number of hydrogen-bond donors (Lipinski definition) is 0. The largest absolute Gasteiger partial charge is 0.300 e. The molecular formula is C33H52ClNO3. The molecule has 0 unspecified atom stereocenters. The molecule has 214 valence electrons. The molecule has 5 atom stereocenters. The maximum absolute atomic E-state index is 13.2. The predicted molar refractivity (Wildman–Crippen MR) is 155 cm³/mol. The summed E-state index contributed by atoms with van der Waals surface area (Å²) in [6, 6.07) is 2.17. The Morgan fingerprint density at radius 3 is 2.08 bits per heavy atom. The standard InChI is InChI=1S/C33H52ClNO3/c1-12-28(3,4)15-17-31(9,27(34)38)18-16-29(5,6)33(11)14-13-24-30(7,8)26(37)23(21-35)20-32(24,10)25(33)19-22(2)36/h20,24-25H,12-19H2,1-11H3/t24-,25+,31-,32-,33+/m0/s1. The van der Waals surface area contributed by atoms with E-state index in [1.54, 1.807) is 6.92 Å². The summed E-state index contributed by atoms with van der Waals surface area (Å²) in [4.78, 5) is 38.6. The van der Waals surface area contributed by atoms with Crippen molar-refractivity contribution in [2.75, 3.05) is 0 Å². The third kappa shape index (κ3) is 5.84. The smallest absolute Gasteiger partial charge is 0.227 e. The first-order valence-electron chi connectivity index (χ1n) is 14.5. The van der Waals surface area contributed by atoms with Crippen LogP contribution < -0.4 is 0 Å². The van der Waals surface area contributed by atoms with Crippen molar-refractivity contribution in [2.45, 2.75) is 128 Å². The Morgan fingerprint density at radius 1 is 1.05 bits per heavy atom. The molecule has 0 aromatic rings. The van der Waals surface area contributed by atoms with E-state index in [4.69, 9.17) is 11.6 Å². The van der Waals surface area contributed by atoms with E-state index in [1.165, 1.54) is 0 Å². The van der Waals surface area contributed by atoms with Crippen molar-refractivity contribution in [3.63, 3.8) is 0 Å². The van der Waals surface area contributed by atoms with Gasteiger partial charge in [-0.15, -0.1) is 0 Å². The number of fused-ring (bicyclic) bond motifs is 1. The van der Waals surface area contributed by atoms with E-state index in [1.807, 2.05) is 26.8 Å². The Morgan fingerprint density at radius 2 is 1.61 bits per heavy atom. The zero-order valence-electron chi connectivity index (χ0n) is 25.9. The second-order valence-corrected chi connectivity index (χ2v) is 15.6. The second kappa shape index (κ2) is 10.8. The van der Waals surface area contributed by atoms with Crippen molar-refractivity contribution >= 4 is 28.4 Å². The normalized spacial score (nSPS) is 31.0. The molecule has 2 rings (SSSR count). The summed E-state index contributed by atoms with van der Waals surface area (Å²) in [5.74, 6) is 0.0640. The lowest BCUT2D eigenvalue weighted by Gasteiger charge is -2.64. The summed E-state index contributed by atoms with van der Waals surface area (Å²) in [6.07, 6.45) is 8.29. The average Bonchev–Trinajstić information content (AvgIpc) is 2.81. The second-order valence-electron chi connectivity index (χ2n) is 15.3. The van der Waals surface area contributed by atoms with Crippen molar-refractivity contribution < 1.29 is 14.4 Å². The van der Waals surface area contributed by atoms with Gasteiger partial charge in [0.1, 0.15) is 11.9 Å². The molecule has 0 aromatic carbocycles. The molecule has 38 heavy (non-hydrogen) atoms. The highest BCUT2D eigenvalue weighted by Gasteiger charge is 2.63. The highest BCUT2D eigenvalue weighted by atomic mass is 35.5. The number of nitriles is 1. The van der Waals surface area contributed by atoms with Crippen LogP contribution >= 0.6 is 11.6 Å². The number of Topliss-reactive ketones (excluding diaryl/α,β-unsaturated/α-hetero) is 2. The fourth-order valence-electron chi connectivity index (χ4n) is 7.69. The van der Waals surface area contributed by atoms with Gasteiger partial charge in [-0.25, -0.2) is 0 Å². The van der Waals surface area contributed by atoms with Crippen LogP contribution in [0.25, 0.3) is 0 Å². The molecule has 0 bridgehead atoms. The fraction of sp³-hybridized carbons (Fsp3) is 0.818. The monoisotopic (exact) mass is 545 g/mol. The summed E-state index contributed by atoms with van der Waals surface area (Å²) in [5, 5.41) is 9.59. The molecule has 1 saturated carbocycles. The van der Waals surface area contributed by atoms with Crippen LogP contribution in [0.5, 0.6) is 0 Å². The first-order valence-corrected chi connectivity index (χ1v) is 14.9. The summed E-state index contributed by atoms with van der Waals surface area (Å²) in [7, 11) is 0. The fourth-order valence-corrected chi connectivity index (χ4v) is 7.88. The third-order valence-corrected chi connectivity index (χ3v) is 12.1. The van der Waals surface area contributed by atoms with E-state index in [0.717, 1.165) is 38.5 Å². The van der Waals surface area contributed by atoms with E-state index in [2.05, 4.69) is 54.5 Å². The van der Waals surface area contributed by atoms with Gasteiger partial charge >= 0.3 is 0 Å². The topological polar surface area (TPSA) is 75.0 Å². The molecule has 2 aliphatic carbocycles. The van der Waals surface area contributed by atoms with Crippen LogP contribution in [0.2, 0.25) is 0 Å². The van der Waals surface area contributed by atoms with Crippen molar-refractivity contribution in [2.24, 2.45) is 44.3 Å². The molecule has 4 nitrogen and oxygen atoms in total. The van der Waals surface area contributed by atoms with Crippen molar-refractivity contribution in [1.29, 1.82) is 5.26 Å². The van der Waals surface area contributed by atoms with Gasteiger partial charge in [-0.05, 0) is 90.5 Å². The molecule has 0 aromatic heterocycles. The van der Waals surface area contributed by atoms with Gasteiger partial charge in [0.25, 0.3) is 0 Å². The molecule has 5 heteroatoms. The molecule has 0 saturated heterocycles. The maximum Gasteiger partial charge on any atom is 0.227 e. The van der Waals surface area contributed by atoms with Gasteiger partial charge in [-0.3, -0.25) is 9.59 Å². The molecule has 2 aliphatic rings. The Balaban J connectivity index is 2.51. The molecular weight excluding hydrogens is 494 g/mol. The number of carbonyl (C=O) groups excluding carboxylic acids is 3. The first-order chi connectivity index (χ1) is 17.1. The summed E-state index contributed by atoms with van der Waals surface area (Å²) >= 11 is 6.24. The Hall–Kier alpha value is -1.47. The summed E-state index contributed by atoms with van der Waals surface area (Å²) < 4.78 is 0. The molecule has 0 amide bonds. The van der Waals surface area contributed by atoms with Crippen molar-refractivity contribution in [3.05, 3.63) is 11.6 Å². The minimum absolute atomic E-state index is 0.0334. The predicted octanol–water partition coefficient (Wildman–Crippen LogP) is 8.86. The highest BCUT2D eigenvalue weighted by molar-refractivity contribution is 6.64. The average molecular weight is 546 g/mol. The van der Waals surface area contributed by atoms with Gasteiger partial charge < -0.3 is 4.79 Å². The number of rotatable bonds is 11. The van der Waals surface area contributed by atoms with E-state index < -0.39 is 16.2 Å². The van der Waals surface area contributed by atoms with Crippen LogP contribution in [0.15, 0.2) is 11.6 Å². The minimum atomic E-state index is -0.662. The van der Waals surface area contributed by atoms with Gasteiger partial charge in [-0.2, -0.15) is 5.26 Å². The molecule has 0 radical (unpaired) electrons. The lowest BCUT2D eigenvalue weighted by atomic mass is 9.39. The number of allylic oxidation sites excluding steroid dienone is 2. The minimum Gasteiger partial charge on any atom is -0.300 e. The lowest BCUT2D eigenvalue weighted by Crippen LogP contribution is -2.60. The molecule has 0 N–H and O–H groups in total. The van der Waals surface area contributed by atoms with E-state index in [0.29, 0.717) is 12.8 Å². The van der Waals surface area contributed by atoms with E-state index in [-0.39, 0.29) is 50.5 Å². The number of halogens is 1. The zero-order chi connectivity index (χ0) is 29.5. The van der Waals surface area contributed by atoms with Crippen LogP contribution in [0.4, 0.5) is 0 Å². The van der Waals surface area contributed by atoms with Crippen LogP contribution in [-0.4, -0.2) is 16.8 Å². The molecule has 0 heterocycles. The number of nitrogens with zero attached hydrogens (tertiary/aromatic N) is 1. The van der Waals surface area contributed by atoms with Gasteiger partial charge in [0.15, 0.2) is 5.78 Å².